The predicted octanol–water partition coefficient (Wildman–Crippen LogP) is -0.158. The Morgan fingerprint density at radius 1 is 1.65 bits per heavy atom. The summed E-state index contributed by atoms with van der Waals surface area (Å²) in [5.74, 6) is 0.643. The molecule has 1 aliphatic heterocycles. The first-order chi connectivity index (χ1) is 8.17. The minimum absolute atomic E-state index is 0.174. The van der Waals surface area contributed by atoms with Gasteiger partial charge < -0.3 is 20.1 Å². The highest BCUT2D eigenvalue weighted by Crippen LogP contribution is 2.20. The van der Waals surface area contributed by atoms with Gasteiger partial charge in [0.2, 0.25) is 5.91 Å². The number of rotatable bonds is 8. The van der Waals surface area contributed by atoms with Crippen LogP contribution in [0.25, 0.3) is 0 Å². The summed E-state index contributed by atoms with van der Waals surface area (Å²) >= 11 is 0. The zero-order valence-electron chi connectivity index (χ0n) is 10.8. The molecule has 5 heteroatoms. The Labute approximate surface area is 103 Å². The molecule has 0 spiro atoms. The number of aliphatic hydroxyl groups excluding tert-OH is 1. The molecule has 0 bridgehead atoms. The van der Waals surface area contributed by atoms with Crippen molar-refractivity contribution >= 4 is 5.91 Å². The highest BCUT2D eigenvalue weighted by Gasteiger charge is 2.29. The van der Waals surface area contributed by atoms with Crippen LogP contribution in [-0.2, 0) is 9.53 Å². The number of amides is 1. The van der Waals surface area contributed by atoms with Crippen LogP contribution in [0.4, 0.5) is 0 Å². The number of nitrogens with one attached hydrogen (secondary N) is 1. The summed E-state index contributed by atoms with van der Waals surface area (Å²) in [7, 11) is 1.64. The molecule has 5 nitrogen and oxygen atoms in total. The van der Waals surface area contributed by atoms with Gasteiger partial charge in [-0.1, -0.05) is 13.3 Å². The van der Waals surface area contributed by atoms with Crippen molar-refractivity contribution in [2.45, 2.75) is 25.9 Å². The topological polar surface area (TPSA) is 61.8 Å². The molecule has 0 radical (unpaired) electrons. The maximum atomic E-state index is 11.6. The molecule has 1 saturated heterocycles. The maximum Gasteiger partial charge on any atom is 0.223 e. The second-order valence-corrected chi connectivity index (χ2v) is 4.63. The molecule has 1 heterocycles. The number of hydrogen-bond donors (Lipinski definition) is 2. The number of methoxy groups -OCH3 is 1. The number of likely N-dealkylation sites (tertiary alicyclic amines) is 1. The van der Waals surface area contributed by atoms with E-state index >= 15 is 0 Å². The fourth-order valence-corrected chi connectivity index (χ4v) is 2.07. The second kappa shape index (κ2) is 7.63. The monoisotopic (exact) mass is 244 g/mol. The highest BCUT2D eigenvalue weighted by molar-refractivity contribution is 5.78. The van der Waals surface area contributed by atoms with Crippen molar-refractivity contribution in [3.8, 4) is 0 Å². The lowest BCUT2D eigenvalue weighted by Crippen LogP contribution is -2.39. The fraction of sp³-hybridized carbons (Fsp3) is 0.917. The summed E-state index contributed by atoms with van der Waals surface area (Å²) in [6, 6.07) is 0. The Kier molecular flexibility index (Phi) is 6.47. The van der Waals surface area contributed by atoms with Gasteiger partial charge >= 0.3 is 0 Å². The molecule has 2 atom stereocenters. The minimum Gasteiger partial charge on any atom is -0.390 e. The lowest BCUT2D eigenvalue weighted by atomic mass is 10.1. The number of nitrogens with zero attached hydrogens (tertiary/aromatic N) is 1. The van der Waals surface area contributed by atoms with Crippen LogP contribution in [0.15, 0.2) is 0 Å². The van der Waals surface area contributed by atoms with E-state index in [9.17, 15) is 9.90 Å². The Morgan fingerprint density at radius 3 is 3.00 bits per heavy atom. The molecule has 0 aromatic carbocycles. The number of β-amino-alcohol motifs (C(OH)–C–C–N with tert-alkyl or cyclic N) is 1. The first-order valence-electron chi connectivity index (χ1n) is 6.32. The van der Waals surface area contributed by atoms with Crippen LogP contribution in [0.3, 0.4) is 0 Å². The van der Waals surface area contributed by atoms with Gasteiger partial charge in [-0.2, -0.15) is 0 Å². The smallest absolute Gasteiger partial charge is 0.223 e. The number of ether oxygens (including phenoxy) is 1. The molecule has 1 amide bonds. The molecule has 0 saturated carbocycles. The number of hydrogen-bond acceptors (Lipinski definition) is 4. The average molecular weight is 244 g/mol. The maximum absolute atomic E-state index is 11.6. The molecule has 100 valence electrons. The minimum atomic E-state index is -0.494. The normalized spacial score (nSPS) is 22.2. The molecule has 1 fully saturated rings. The van der Waals surface area contributed by atoms with Crippen LogP contribution in [-0.4, -0.2) is 61.9 Å². The van der Waals surface area contributed by atoms with Gasteiger partial charge in [-0.25, -0.2) is 0 Å². The third-order valence-electron chi connectivity index (χ3n) is 3.17. The van der Waals surface area contributed by atoms with Gasteiger partial charge in [-0.3, -0.25) is 4.79 Å². The summed E-state index contributed by atoms with van der Waals surface area (Å²) in [5.41, 5.74) is 0. The zero-order valence-corrected chi connectivity index (χ0v) is 10.8. The molecule has 0 aromatic heterocycles. The third kappa shape index (κ3) is 5.02. The summed E-state index contributed by atoms with van der Waals surface area (Å²) in [6.45, 7) is 5.19. The van der Waals surface area contributed by atoms with Crippen LogP contribution < -0.4 is 5.32 Å². The van der Waals surface area contributed by atoms with E-state index in [2.05, 4.69) is 12.2 Å². The number of aliphatic hydroxyl groups is 1. The molecule has 1 aliphatic rings. The number of carbonyl (C=O) groups is 1. The Hall–Kier alpha value is -0.650. The van der Waals surface area contributed by atoms with E-state index < -0.39 is 6.10 Å². The van der Waals surface area contributed by atoms with Crippen molar-refractivity contribution in [2.24, 2.45) is 5.92 Å². The summed E-state index contributed by atoms with van der Waals surface area (Å²) in [5, 5.41) is 12.9. The second-order valence-electron chi connectivity index (χ2n) is 4.63. The Bertz CT molecular complexity index is 236. The Morgan fingerprint density at radius 2 is 2.41 bits per heavy atom. The van der Waals surface area contributed by atoms with Crippen molar-refractivity contribution < 1.29 is 14.6 Å². The van der Waals surface area contributed by atoms with E-state index in [-0.39, 0.29) is 5.91 Å². The van der Waals surface area contributed by atoms with Crippen molar-refractivity contribution in [2.75, 3.05) is 39.9 Å². The third-order valence-corrected chi connectivity index (χ3v) is 3.17. The number of carbonyl (C=O) groups excluding carboxylic acids is 1. The summed E-state index contributed by atoms with van der Waals surface area (Å²) < 4.78 is 4.89. The molecular weight excluding hydrogens is 220 g/mol. The van der Waals surface area contributed by atoms with Gasteiger partial charge in [-0.05, 0) is 5.92 Å². The average Bonchev–Trinajstić information content (AvgIpc) is 2.66. The molecule has 1 rings (SSSR count). The van der Waals surface area contributed by atoms with Crippen molar-refractivity contribution in [3.63, 3.8) is 0 Å². The van der Waals surface area contributed by atoms with Crippen LogP contribution in [0.2, 0.25) is 0 Å². The molecule has 2 N–H and O–H groups in total. The van der Waals surface area contributed by atoms with Crippen LogP contribution in [0, 0.1) is 5.92 Å². The summed E-state index contributed by atoms with van der Waals surface area (Å²) in [6.07, 6.45) is 1.18. The van der Waals surface area contributed by atoms with Crippen molar-refractivity contribution in [3.05, 3.63) is 0 Å². The predicted molar refractivity (Wildman–Crippen MR) is 65.7 cm³/mol. The summed E-state index contributed by atoms with van der Waals surface area (Å²) in [4.78, 5) is 13.4. The molecule has 0 aromatic rings. The first-order valence-corrected chi connectivity index (χ1v) is 6.32. The van der Waals surface area contributed by atoms with E-state index in [0.29, 0.717) is 32.0 Å². The van der Waals surface area contributed by atoms with Gasteiger partial charge in [0.1, 0.15) is 0 Å². The van der Waals surface area contributed by atoms with Crippen LogP contribution >= 0.6 is 0 Å². The van der Waals surface area contributed by atoms with Crippen LogP contribution in [0.1, 0.15) is 19.8 Å². The van der Waals surface area contributed by atoms with Gasteiger partial charge in [0.25, 0.3) is 0 Å². The van der Waals surface area contributed by atoms with E-state index in [4.69, 9.17) is 4.74 Å². The highest BCUT2D eigenvalue weighted by atomic mass is 16.5. The van der Waals surface area contributed by atoms with Crippen molar-refractivity contribution in [1.29, 1.82) is 0 Å². The quantitative estimate of drug-likeness (QED) is 0.583. The van der Waals surface area contributed by atoms with E-state index in [1.165, 1.54) is 0 Å². The largest absolute Gasteiger partial charge is 0.390 e. The van der Waals surface area contributed by atoms with Gasteiger partial charge in [0, 0.05) is 39.7 Å². The zero-order chi connectivity index (χ0) is 12.7. The molecule has 2 unspecified atom stereocenters. The van der Waals surface area contributed by atoms with Crippen LogP contribution in [0.5, 0.6) is 0 Å². The Balaban J connectivity index is 2.17. The van der Waals surface area contributed by atoms with E-state index in [1.807, 2.05) is 0 Å². The van der Waals surface area contributed by atoms with Gasteiger partial charge in [0.15, 0.2) is 0 Å². The lowest BCUT2D eigenvalue weighted by Gasteiger charge is -2.20. The standard InChI is InChI=1S/C12H24N2O3/c1-3-10-6-12(16)14(8-10)9-11(15)7-13-4-5-17-2/h10-11,13,15H,3-9H2,1-2H3. The first kappa shape index (κ1) is 14.4. The van der Waals surface area contributed by atoms with Gasteiger partial charge in [-0.15, -0.1) is 0 Å². The lowest BCUT2D eigenvalue weighted by molar-refractivity contribution is -0.128. The van der Waals surface area contributed by atoms with E-state index in [0.717, 1.165) is 19.5 Å². The molecule has 0 aliphatic carbocycles. The SMILES string of the molecule is CCC1CC(=O)N(CC(O)CNCCOC)C1. The van der Waals surface area contributed by atoms with E-state index in [1.54, 1.807) is 12.0 Å². The van der Waals surface area contributed by atoms with Crippen molar-refractivity contribution in [1.82, 2.24) is 10.2 Å². The van der Waals surface area contributed by atoms with Gasteiger partial charge in [0.05, 0.1) is 12.7 Å². The molecule has 17 heavy (non-hydrogen) atoms. The fourth-order valence-electron chi connectivity index (χ4n) is 2.07. The molecular formula is C12H24N2O3.